The van der Waals surface area contributed by atoms with Crippen molar-refractivity contribution in [3.63, 3.8) is 0 Å². The van der Waals surface area contributed by atoms with Gasteiger partial charge in [0.2, 0.25) is 0 Å². The van der Waals surface area contributed by atoms with Gasteiger partial charge >= 0.3 is 0 Å². The molecule has 1 saturated carbocycles. The van der Waals surface area contributed by atoms with Crippen molar-refractivity contribution in [3.05, 3.63) is 60.2 Å². The average Bonchev–Trinajstić information content (AvgIpc) is 3.40. The molecular weight excluding hydrogens is 322 g/mol. The van der Waals surface area contributed by atoms with Crippen molar-refractivity contribution in [2.24, 2.45) is 7.05 Å². The standard InChI is InChI=1S/C21H27N5/c1-16(19-12-24-26(15-19)21-8-3-4-9-21)22-11-17-6-5-7-18(10-17)20-13-23-25(2)14-20/h5-7,10,12-16,21-22H,3-4,8-9,11H2,1-2H3. The molecule has 0 amide bonds. The molecule has 2 aromatic heterocycles. The third kappa shape index (κ3) is 3.73. The molecule has 0 saturated heterocycles. The molecular formula is C21H27N5. The van der Waals surface area contributed by atoms with Crippen molar-refractivity contribution in [3.8, 4) is 11.1 Å². The van der Waals surface area contributed by atoms with E-state index in [2.05, 4.69) is 57.6 Å². The summed E-state index contributed by atoms with van der Waals surface area (Å²) in [5.41, 5.74) is 4.90. The summed E-state index contributed by atoms with van der Waals surface area (Å²) in [6.45, 7) is 3.05. The van der Waals surface area contributed by atoms with Crippen LogP contribution in [0.5, 0.6) is 0 Å². The van der Waals surface area contributed by atoms with Crippen LogP contribution in [0.3, 0.4) is 0 Å². The second kappa shape index (κ2) is 7.46. The molecule has 136 valence electrons. The number of nitrogens with one attached hydrogen (secondary N) is 1. The fraction of sp³-hybridized carbons (Fsp3) is 0.429. The van der Waals surface area contributed by atoms with Gasteiger partial charge in [-0.1, -0.05) is 31.0 Å². The predicted octanol–water partition coefficient (Wildman–Crippen LogP) is 4.25. The SMILES string of the molecule is CC(NCc1cccc(-c2cnn(C)c2)c1)c1cnn(C2CCCC2)c1. The number of aromatic nitrogens is 4. The molecule has 1 unspecified atom stereocenters. The third-order valence-electron chi connectivity index (χ3n) is 5.40. The monoisotopic (exact) mass is 349 g/mol. The van der Waals surface area contributed by atoms with Gasteiger partial charge in [0.05, 0.1) is 18.4 Å². The second-order valence-electron chi connectivity index (χ2n) is 7.40. The van der Waals surface area contributed by atoms with E-state index in [0.29, 0.717) is 6.04 Å². The molecule has 5 nitrogen and oxygen atoms in total. The molecule has 0 aliphatic heterocycles. The fourth-order valence-electron chi connectivity index (χ4n) is 3.76. The van der Waals surface area contributed by atoms with Crippen LogP contribution in [0.15, 0.2) is 49.1 Å². The van der Waals surface area contributed by atoms with Crippen LogP contribution in [0.2, 0.25) is 0 Å². The molecule has 1 aliphatic rings. The van der Waals surface area contributed by atoms with Crippen LogP contribution in [0.25, 0.3) is 11.1 Å². The summed E-state index contributed by atoms with van der Waals surface area (Å²) < 4.78 is 4.01. The minimum Gasteiger partial charge on any atom is -0.306 e. The third-order valence-corrected chi connectivity index (χ3v) is 5.40. The summed E-state index contributed by atoms with van der Waals surface area (Å²) >= 11 is 0. The zero-order valence-electron chi connectivity index (χ0n) is 15.6. The van der Waals surface area contributed by atoms with Crippen LogP contribution in [0.1, 0.15) is 55.8 Å². The lowest BCUT2D eigenvalue weighted by molar-refractivity contribution is 0.465. The molecule has 1 fully saturated rings. The first kappa shape index (κ1) is 17.0. The van der Waals surface area contributed by atoms with E-state index in [-0.39, 0.29) is 6.04 Å². The summed E-state index contributed by atoms with van der Waals surface area (Å²) in [6, 6.07) is 9.54. The van der Waals surface area contributed by atoms with Gasteiger partial charge in [-0.2, -0.15) is 10.2 Å². The Bertz CT molecular complexity index is 857. The van der Waals surface area contributed by atoms with Crippen LogP contribution in [0.4, 0.5) is 0 Å². The van der Waals surface area contributed by atoms with Crippen molar-refractivity contribution in [1.82, 2.24) is 24.9 Å². The van der Waals surface area contributed by atoms with Gasteiger partial charge in [0.1, 0.15) is 0 Å². The van der Waals surface area contributed by atoms with E-state index in [1.54, 1.807) is 0 Å². The molecule has 0 bridgehead atoms. The predicted molar refractivity (Wildman–Crippen MR) is 104 cm³/mol. The van der Waals surface area contributed by atoms with Crippen molar-refractivity contribution < 1.29 is 0 Å². The molecule has 3 aromatic rings. The van der Waals surface area contributed by atoms with Crippen molar-refractivity contribution in [2.45, 2.75) is 51.2 Å². The molecule has 26 heavy (non-hydrogen) atoms. The fourth-order valence-corrected chi connectivity index (χ4v) is 3.76. The van der Waals surface area contributed by atoms with Gasteiger partial charge < -0.3 is 5.32 Å². The molecule has 1 atom stereocenters. The van der Waals surface area contributed by atoms with Crippen LogP contribution >= 0.6 is 0 Å². The van der Waals surface area contributed by atoms with Gasteiger partial charge in [0, 0.05) is 43.2 Å². The van der Waals surface area contributed by atoms with E-state index in [4.69, 9.17) is 0 Å². The first-order valence-electron chi connectivity index (χ1n) is 9.54. The topological polar surface area (TPSA) is 47.7 Å². The summed E-state index contributed by atoms with van der Waals surface area (Å²) in [4.78, 5) is 0. The number of nitrogens with zero attached hydrogens (tertiary/aromatic N) is 4. The number of rotatable bonds is 6. The number of hydrogen-bond acceptors (Lipinski definition) is 3. The molecule has 2 heterocycles. The van der Waals surface area contributed by atoms with Gasteiger partial charge in [-0.15, -0.1) is 0 Å². The van der Waals surface area contributed by atoms with Gasteiger partial charge in [-0.25, -0.2) is 0 Å². The number of aryl methyl sites for hydroxylation is 1. The smallest absolute Gasteiger partial charge is 0.0568 e. The molecule has 1 aromatic carbocycles. The second-order valence-corrected chi connectivity index (χ2v) is 7.40. The van der Waals surface area contributed by atoms with E-state index >= 15 is 0 Å². The Morgan fingerprint density at radius 2 is 1.96 bits per heavy atom. The molecule has 4 rings (SSSR count). The Labute approximate surface area is 155 Å². The molecule has 0 radical (unpaired) electrons. The highest BCUT2D eigenvalue weighted by atomic mass is 15.3. The first-order valence-corrected chi connectivity index (χ1v) is 9.54. The largest absolute Gasteiger partial charge is 0.306 e. The molecule has 1 N–H and O–H groups in total. The lowest BCUT2D eigenvalue weighted by Crippen LogP contribution is -2.17. The summed E-state index contributed by atoms with van der Waals surface area (Å²) in [7, 11) is 1.95. The summed E-state index contributed by atoms with van der Waals surface area (Å²) in [6.07, 6.45) is 13.4. The maximum atomic E-state index is 4.60. The van der Waals surface area contributed by atoms with Gasteiger partial charge in [0.15, 0.2) is 0 Å². The number of hydrogen-bond donors (Lipinski definition) is 1. The maximum Gasteiger partial charge on any atom is 0.0568 e. The average molecular weight is 349 g/mol. The van der Waals surface area contributed by atoms with Crippen LogP contribution in [0, 0.1) is 0 Å². The lowest BCUT2D eigenvalue weighted by atomic mass is 10.1. The van der Waals surface area contributed by atoms with Crippen molar-refractivity contribution in [2.75, 3.05) is 0 Å². The van der Waals surface area contributed by atoms with E-state index in [1.807, 2.05) is 30.3 Å². The van der Waals surface area contributed by atoms with E-state index in [1.165, 1.54) is 42.4 Å². The highest BCUT2D eigenvalue weighted by molar-refractivity contribution is 5.62. The molecule has 1 aliphatic carbocycles. The Balaban J connectivity index is 1.39. The minimum absolute atomic E-state index is 0.284. The summed E-state index contributed by atoms with van der Waals surface area (Å²) in [5.74, 6) is 0. The Morgan fingerprint density at radius 3 is 2.73 bits per heavy atom. The molecule has 0 spiro atoms. The van der Waals surface area contributed by atoms with Crippen LogP contribution in [-0.2, 0) is 13.6 Å². The van der Waals surface area contributed by atoms with Gasteiger partial charge in [-0.05, 0) is 37.0 Å². The van der Waals surface area contributed by atoms with Crippen LogP contribution < -0.4 is 5.32 Å². The van der Waals surface area contributed by atoms with E-state index in [9.17, 15) is 0 Å². The zero-order chi connectivity index (χ0) is 17.9. The van der Waals surface area contributed by atoms with Crippen LogP contribution in [-0.4, -0.2) is 19.6 Å². The highest BCUT2D eigenvalue weighted by Crippen LogP contribution is 2.29. The summed E-state index contributed by atoms with van der Waals surface area (Å²) in [5, 5.41) is 12.5. The normalized spacial score (nSPS) is 16.2. The Hall–Kier alpha value is -2.40. The number of benzene rings is 1. The zero-order valence-corrected chi connectivity index (χ0v) is 15.6. The quantitative estimate of drug-likeness (QED) is 0.724. The lowest BCUT2D eigenvalue weighted by Gasteiger charge is -2.13. The van der Waals surface area contributed by atoms with Crippen molar-refractivity contribution in [1.29, 1.82) is 0 Å². The Kier molecular flexibility index (Phi) is 4.89. The van der Waals surface area contributed by atoms with E-state index < -0.39 is 0 Å². The minimum atomic E-state index is 0.284. The maximum absolute atomic E-state index is 4.60. The van der Waals surface area contributed by atoms with E-state index in [0.717, 1.165) is 12.1 Å². The van der Waals surface area contributed by atoms with Crippen molar-refractivity contribution >= 4 is 0 Å². The van der Waals surface area contributed by atoms with Gasteiger partial charge in [0.25, 0.3) is 0 Å². The first-order chi connectivity index (χ1) is 12.7. The highest BCUT2D eigenvalue weighted by Gasteiger charge is 2.18. The van der Waals surface area contributed by atoms with Gasteiger partial charge in [-0.3, -0.25) is 9.36 Å². The Morgan fingerprint density at radius 1 is 1.12 bits per heavy atom. The molecule has 5 heteroatoms.